The number of esters is 1. The topological polar surface area (TPSA) is 77.0 Å². The molecule has 96 valence electrons. The van der Waals surface area contributed by atoms with Crippen molar-refractivity contribution >= 4 is 34.5 Å². The van der Waals surface area contributed by atoms with Gasteiger partial charge in [0.2, 0.25) is 0 Å². The van der Waals surface area contributed by atoms with Crippen LogP contribution in [0.25, 0.3) is 0 Å². The molecule has 0 fully saturated rings. The van der Waals surface area contributed by atoms with Gasteiger partial charge in [-0.25, -0.2) is 9.59 Å². The van der Waals surface area contributed by atoms with Crippen molar-refractivity contribution < 1.29 is 19.2 Å². The molecule has 0 radical (unpaired) electrons. The van der Waals surface area contributed by atoms with Gasteiger partial charge in [0.25, 0.3) is 0 Å². The zero-order chi connectivity index (χ0) is 13.5. The molecule has 0 aliphatic carbocycles. The summed E-state index contributed by atoms with van der Waals surface area (Å²) in [4.78, 5) is 26.8. The minimum atomic E-state index is -0.777. The number of anilines is 1. The third-order valence-corrected chi connectivity index (χ3v) is 1.88. The lowest BCUT2D eigenvalue weighted by Gasteiger charge is -2.03. The highest BCUT2D eigenvalue weighted by Crippen LogP contribution is 2.10. The van der Waals surface area contributed by atoms with Gasteiger partial charge >= 0.3 is 12.1 Å². The van der Waals surface area contributed by atoms with Crippen molar-refractivity contribution in [2.75, 3.05) is 12.4 Å². The summed E-state index contributed by atoms with van der Waals surface area (Å²) in [7, 11) is 1.29. The van der Waals surface area contributed by atoms with E-state index in [4.69, 9.17) is 11.6 Å². The Morgan fingerprint density at radius 2 is 1.89 bits per heavy atom. The van der Waals surface area contributed by atoms with E-state index >= 15 is 0 Å². The predicted molar refractivity (Wildman–Crippen MR) is 66.8 cm³/mol. The zero-order valence-electron chi connectivity index (χ0n) is 9.77. The Labute approximate surface area is 109 Å². The maximum Gasteiger partial charge on any atom is 0.437 e. The Bertz CT molecular complexity index is 466. The van der Waals surface area contributed by atoms with E-state index in [0.717, 1.165) is 0 Å². The molecule has 0 spiro atoms. The number of carbonyl (C=O) groups excluding carboxylic acids is 2. The Hall–Kier alpha value is -2.08. The molecule has 0 aliphatic rings. The molecule has 0 aromatic heterocycles. The van der Waals surface area contributed by atoms with Crippen molar-refractivity contribution in [3.63, 3.8) is 0 Å². The van der Waals surface area contributed by atoms with Crippen molar-refractivity contribution in [1.29, 1.82) is 0 Å². The number of benzene rings is 1. The van der Waals surface area contributed by atoms with E-state index in [9.17, 15) is 9.59 Å². The molecule has 0 bridgehead atoms. The maximum atomic E-state index is 11.2. The molecule has 1 aromatic rings. The molecular formula is C11H11ClN2O4. The molecule has 1 rings (SSSR count). The SMILES string of the molecule is COC(=O)c1ccc(NC(=O)O/N=C(\C)Cl)cc1. The molecule has 1 amide bonds. The number of rotatable bonds is 3. The molecule has 0 saturated carbocycles. The third kappa shape index (κ3) is 4.42. The number of nitrogens with zero attached hydrogens (tertiary/aromatic N) is 1. The first-order valence-electron chi connectivity index (χ1n) is 4.89. The van der Waals surface area contributed by atoms with E-state index in [1.54, 1.807) is 0 Å². The fraction of sp³-hybridized carbons (Fsp3) is 0.182. The van der Waals surface area contributed by atoms with Gasteiger partial charge in [0, 0.05) is 5.69 Å². The normalized spacial score (nSPS) is 10.7. The molecule has 0 aliphatic heterocycles. The lowest BCUT2D eigenvalue weighted by molar-refractivity contribution is 0.0600. The average molecular weight is 271 g/mol. The van der Waals surface area contributed by atoms with E-state index in [1.165, 1.54) is 38.3 Å². The van der Waals surface area contributed by atoms with E-state index in [2.05, 4.69) is 20.0 Å². The first-order valence-corrected chi connectivity index (χ1v) is 5.27. The second kappa shape index (κ2) is 6.61. The summed E-state index contributed by atoms with van der Waals surface area (Å²) in [6.07, 6.45) is -0.777. The predicted octanol–water partition coefficient (Wildman–Crippen LogP) is 2.59. The highest BCUT2D eigenvalue weighted by atomic mass is 35.5. The molecule has 7 heteroatoms. The van der Waals surface area contributed by atoms with Gasteiger partial charge in [0.15, 0.2) is 0 Å². The molecule has 0 atom stereocenters. The number of hydrogen-bond donors (Lipinski definition) is 1. The van der Waals surface area contributed by atoms with Gasteiger partial charge in [0.1, 0.15) is 5.17 Å². The van der Waals surface area contributed by atoms with Crippen molar-refractivity contribution in [2.45, 2.75) is 6.92 Å². The van der Waals surface area contributed by atoms with Crippen LogP contribution in [0.2, 0.25) is 0 Å². The second-order valence-corrected chi connectivity index (χ2v) is 3.71. The minimum Gasteiger partial charge on any atom is -0.465 e. The van der Waals surface area contributed by atoms with Crippen LogP contribution in [0, 0.1) is 0 Å². The smallest absolute Gasteiger partial charge is 0.437 e. The van der Waals surface area contributed by atoms with Crippen LogP contribution in [0.5, 0.6) is 0 Å². The Morgan fingerprint density at radius 1 is 1.28 bits per heavy atom. The summed E-state index contributed by atoms with van der Waals surface area (Å²) in [5.74, 6) is -0.452. The van der Waals surface area contributed by atoms with Crippen LogP contribution in [0.4, 0.5) is 10.5 Å². The molecule has 0 unspecified atom stereocenters. The van der Waals surface area contributed by atoms with Crippen LogP contribution >= 0.6 is 11.6 Å². The molecule has 18 heavy (non-hydrogen) atoms. The van der Waals surface area contributed by atoms with Gasteiger partial charge in [0.05, 0.1) is 12.7 Å². The van der Waals surface area contributed by atoms with Crippen molar-refractivity contribution in [3.8, 4) is 0 Å². The zero-order valence-corrected chi connectivity index (χ0v) is 10.5. The molecular weight excluding hydrogens is 260 g/mol. The van der Waals surface area contributed by atoms with Crippen molar-refractivity contribution in [3.05, 3.63) is 29.8 Å². The van der Waals surface area contributed by atoms with Crippen LogP contribution in [-0.2, 0) is 9.57 Å². The number of hydrogen-bond acceptors (Lipinski definition) is 5. The Kier molecular flexibility index (Phi) is 5.13. The maximum absolute atomic E-state index is 11.2. The summed E-state index contributed by atoms with van der Waals surface area (Å²) in [6.45, 7) is 1.47. The molecule has 0 heterocycles. The first-order chi connectivity index (χ1) is 8.52. The van der Waals surface area contributed by atoms with Gasteiger partial charge in [-0.2, -0.15) is 0 Å². The molecule has 1 aromatic carbocycles. The summed E-state index contributed by atoms with van der Waals surface area (Å²) in [6, 6.07) is 6.09. The van der Waals surface area contributed by atoms with Crippen LogP contribution < -0.4 is 5.32 Å². The van der Waals surface area contributed by atoms with E-state index in [1.807, 2.05) is 0 Å². The van der Waals surface area contributed by atoms with Crippen LogP contribution in [0.1, 0.15) is 17.3 Å². The number of methoxy groups -OCH3 is 1. The number of halogens is 1. The molecule has 0 saturated heterocycles. The summed E-state index contributed by atoms with van der Waals surface area (Å²) < 4.78 is 4.54. The second-order valence-electron chi connectivity index (χ2n) is 3.16. The van der Waals surface area contributed by atoms with E-state index in [0.29, 0.717) is 11.3 Å². The number of ether oxygens (including phenoxy) is 1. The number of oxime groups is 1. The fourth-order valence-corrected chi connectivity index (χ4v) is 1.09. The molecule has 6 nitrogen and oxygen atoms in total. The minimum absolute atomic E-state index is 0.103. The largest absolute Gasteiger partial charge is 0.465 e. The summed E-state index contributed by atoms with van der Waals surface area (Å²) in [5, 5.41) is 5.78. The third-order valence-electron chi connectivity index (χ3n) is 1.81. The van der Waals surface area contributed by atoms with Gasteiger partial charge in [-0.15, -0.1) is 0 Å². The van der Waals surface area contributed by atoms with E-state index < -0.39 is 12.1 Å². The number of carbonyl (C=O) groups is 2. The van der Waals surface area contributed by atoms with Crippen molar-refractivity contribution in [1.82, 2.24) is 0 Å². The van der Waals surface area contributed by atoms with Crippen LogP contribution in [0.15, 0.2) is 29.4 Å². The highest BCUT2D eigenvalue weighted by molar-refractivity contribution is 6.64. The average Bonchev–Trinajstić information content (AvgIpc) is 2.36. The monoisotopic (exact) mass is 270 g/mol. The fourth-order valence-electron chi connectivity index (χ4n) is 1.05. The lowest BCUT2D eigenvalue weighted by atomic mass is 10.2. The van der Waals surface area contributed by atoms with E-state index in [-0.39, 0.29) is 5.17 Å². The number of amides is 1. The summed E-state index contributed by atoms with van der Waals surface area (Å²) in [5.41, 5.74) is 0.834. The Balaban J connectivity index is 2.61. The number of nitrogens with one attached hydrogen (secondary N) is 1. The lowest BCUT2D eigenvalue weighted by Crippen LogP contribution is -2.11. The Morgan fingerprint density at radius 3 is 2.39 bits per heavy atom. The van der Waals surface area contributed by atoms with Gasteiger partial charge < -0.3 is 4.74 Å². The quantitative estimate of drug-likeness (QED) is 0.396. The van der Waals surface area contributed by atoms with Crippen molar-refractivity contribution in [2.24, 2.45) is 5.16 Å². The van der Waals surface area contributed by atoms with Gasteiger partial charge in [-0.1, -0.05) is 16.8 Å². The first kappa shape index (κ1) is 14.0. The van der Waals surface area contributed by atoms with Crippen LogP contribution in [0.3, 0.4) is 0 Å². The van der Waals surface area contributed by atoms with Crippen LogP contribution in [-0.4, -0.2) is 24.3 Å². The molecule has 1 N–H and O–H groups in total. The van der Waals surface area contributed by atoms with Gasteiger partial charge in [-0.3, -0.25) is 10.2 Å². The summed E-state index contributed by atoms with van der Waals surface area (Å²) >= 11 is 5.39. The standard InChI is InChI=1S/C11H11ClN2O4/c1-7(12)14-18-11(16)13-9-5-3-8(4-6-9)10(15)17-2/h3-6H,1-2H3,(H,13,16)/b14-7+. The van der Waals surface area contributed by atoms with Gasteiger partial charge in [-0.05, 0) is 31.2 Å². The highest BCUT2D eigenvalue weighted by Gasteiger charge is 2.06.